The number of hydrogen-bond donors (Lipinski definition) is 1. The van der Waals surface area contributed by atoms with E-state index in [1.54, 1.807) is 13.3 Å². The Morgan fingerprint density at radius 1 is 1.22 bits per heavy atom. The maximum absolute atomic E-state index is 5.95. The van der Waals surface area contributed by atoms with Gasteiger partial charge in [-0.1, -0.05) is 0 Å². The van der Waals surface area contributed by atoms with Gasteiger partial charge in [0.25, 0.3) is 0 Å². The number of aromatic nitrogens is 4. The number of hydrogen-bond acceptors (Lipinski definition) is 8. The highest BCUT2D eigenvalue weighted by Gasteiger charge is 2.31. The van der Waals surface area contributed by atoms with Crippen molar-refractivity contribution in [3.05, 3.63) is 24.2 Å². The molecule has 4 rings (SSSR count). The van der Waals surface area contributed by atoms with Crippen LogP contribution in [0.3, 0.4) is 0 Å². The molecule has 0 radical (unpaired) electrons. The lowest BCUT2D eigenvalue weighted by Crippen LogP contribution is -2.43. The SMILES string of the molecule is Cc1nnc([C@H]2CN(c3cc(NC4CC4)ncn3)C[C@@H](C)O2)o1. The van der Waals surface area contributed by atoms with E-state index in [2.05, 4.69) is 30.4 Å². The maximum atomic E-state index is 5.95. The molecule has 0 aromatic carbocycles. The topological polar surface area (TPSA) is 89.2 Å². The minimum absolute atomic E-state index is 0.0516. The molecule has 2 aromatic rings. The maximum Gasteiger partial charge on any atom is 0.247 e. The Kier molecular flexibility index (Phi) is 3.60. The molecule has 3 heterocycles. The molecule has 8 nitrogen and oxygen atoms in total. The van der Waals surface area contributed by atoms with Gasteiger partial charge in [-0.25, -0.2) is 9.97 Å². The number of ether oxygens (including phenoxy) is 1. The first kappa shape index (κ1) is 14.4. The lowest BCUT2D eigenvalue weighted by molar-refractivity contribution is -0.0313. The molecule has 2 atom stereocenters. The average Bonchev–Trinajstić information content (AvgIpc) is 3.24. The van der Waals surface area contributed by atoms with Crippen LogP contribution in [0.25, 0.3) is 0 Å². The van der Waals surface area contributed by atoms with Crippen molar-refractivity contribution in [2.24, 2.45) is 0 Å². The first-order chi connectivity index (χ1) is 11.2. The first-order valence-electron chi connectivity index (χ1n) is 7.96. The Bertz CT molecular complexity index is 686. The third kappa shape index (κ3) is 3.26. The highest BCUT2D eigenvalue weighted by molar-refractivity contribution is 5.49. The normalized spacial score (nSPS) is 24.7. The van der Waals surface area contributed by atoms with E-state index in [0.717, 1.165) is 18.2 Å². The molecule has 1 aliphatic carbocycles. The number of nitrogens with one attached hydrogen (secondary N) is 1. The van der Waals surface area contributed by atoms with E-state index in [4.69, 9.17) is 9.15 Å². The molecule has 1 aliphatic heterocycles. The molecule has 2 aliphatic rings. The van der Waals surface area contributed by atoms with Crippen LogP contribution >= 0.6 is 0 Å². The van der Waals surface area contributed by atoms with Crippen molar-refractivity contribution >= 4 is 11.6 Å². The number of rotatable bonds is 4. The quantitative estimate of drug-likeness (QED) is 0.912. The number of morpholine rings is 1. The van der Waals surface area contributed by atoms with Crippen LogP contribution in [0.5, 0.6) is 0 Å². The average molecular weight is 316 g/mol. The summed E-state index contributed by atoms with van der Waals surface area (Å²) in [6.45, 7) is 5.21. The van der Waals surface area contributed by atoms with E-state index in [9.17, 15) is 0 Å². The highest BCUT2D eigenvalue weighted by atomic mass is 16.5. The van der Waals surface area contributed by atoms with Crippen molar-refractivity contribution in [2.75, 3.05) is 23.3 Å². The van der Waals surface area contributed by atoms with Gasteiger partial charge in [-0.2, -0.15) is 0 Å². The highest BCUT2D eigenvalue weighted by Crippen LogP contribution is 2.29. The van der Waals surface area contributed by atoms with Crippen molar-refractivity contribution < 1.29 is 9.15 Å². The number of aryl methyl sites for hydroxylation is 1. The minimum atomic E-state index is -0.241. The van der Waals surface area contributed by atoms with Gasteiger partial charge >= 0.3 is 0 Å². The van der Waals surface area contributed by atoms with E-state index in [-0.39, 0.29) is 12.2 Å². The smallest absolute Gasteiger partial charge is 0.247 e. The summed E-state index contributed by atoms with van der Waals surface area (Å²) in [5.41, 5.74) is 0. The largest absolute Gasteiger partial charge is 0.423 e. The molecule has 1 saturated heterocycles. The summed E-state index contributed by atoms with van der Waals surface area (Å²) < 4.78 is 11.5. The van der Waals surface area contributed by atoms with Crippen molar-refractivity contribution in [3.63, 3.8) is 0 Å². The molecular formula is C15H20N6O2. The summed E-state index contributed by atoms with van der Waals surface area (Å²) in [5, 5.41) is 11.4. The minimum Gasteiger partial charge on any atom is -0.423 e. The zero-order valence-electron chi connectivity index (χ0n) is 13.3. The Hall–Kier alpha value is -2.22. The Labute approximate surface area is 134 Å². The summed E-state index contributed by atoms with van der Waals surface area (Å²) in [5.74, 6) is 2.83. The predicted octanol–water partition coefficient (Wildman–Crippen LogP) is 1.71. The van der Waals surface area contributed by atoms with Crippen LogP contribution in [0.15, 0.2) is 16.8 Å². The van der Waals surface area contributed by atoms with Crippen molar-refractivity contribution in [3.8, 4) is 0 Å². The second kappa shape index (κ2) is 5.77. The monoisotopic (exact) mass is 316 g/mol. The Morgan fingerprint density at radius 3 is 2.83 bits per heavy atom. The molecule has 0 unspecified atom stereocenters. The third-order valence-corrected chi connectivity index (χ3v) is 3.98. The van der Waals surface area contributed by atoms with Crippen molar-refractivity contribution in [1.82, 2.24) is 20.2 Å². The van der Waals surface area contributed by atoms with Crippen LogP contribution in [0.2, 0.25) is 0 Å². The van der Waals surface area contributed by atoms with E-state index in [1.165, 1.54) is 12.8 Å². The third-order valence-electron chi connectivity index (χ3n) is 3.98. The second-order valence-electron chi connectivity index (χ2n) is 6.18. The molecular weight excluding hydrogens is 296 g/mol. The number of anilines is 2. The molecule has 122 valence electrons. The molecule has 1 N–H and O–H groups in total. The fourth-order valence-corrected chi connectivity index (χ4v) is 2.75. The van der Waals surface area contributed by atoms with Crippen LogP contribution in [0.4, 0.5) is 11.6 Å². The lowest BCUT2D eigenvalue weighted by Gasteiger charge is -2.36. The van der Waals surface area contributed by atoms with Crippen molar-refractivity contribution in [2.45, 2.75) is 44.9 Å². The first-order valence-corrected chi connectivity index (χ1v) is 7.96. The second-order valence-corrected chi connectivity index (χ2v) is 6.18. The van der Waals surface area contributed by atoms with E-state index < -0.39 is 0 Å². The summed E-state index contributed by atoms with van der Waals surface area (Å²) >= 11 is 0. The van der Waals surface area contributed by atoms with Crippen LogP contribution in [0.1, 0.15) is 37.7 Å². The van der Waals surface area contributed by atoms with Crippen molar-refractivity contribution in [1.29, 1.82) is 0 Å². The Morgan fingerprint density at radius 2 is 2.09 bits per heavy atom. The van der Waals surface area contributed by atoms with E-state index in [1.807, 2.05) is 13.0 Å². The standard InChI is InChI=1S/C15H20N6O2/c1-9-6-21(7-12(22-9)15-20-19-10(2)23-15)14-5-13(16-8-17-14)18-11-3-4-11/h5,8-9,11-12H,3-4,6-7H2,1-2H3,(H,16,17,18)/t9-,12-/m1/s1. The molecule has 0 amide bonds. The van der Waals surface area contributed by atoms with Gasteiger partial charge in [-0.05, 0) is 19.8 Å². The van der Waals surface area contributed by atoms with Crippen LogP contribution in [-0.2, 0) is 4.74 Å². The predicted molar refractivity (Wildman–Crippen MR) is 83.2 cm³/mol. The zero-order chi connectivity index (χ0) is 15.8. The molecule has 0 spiro atoms. The molecule has 2 fully saturated rings. The van der Waals surface area contributed by atoms with Gasteiger partial charge in [0.15, 0.2) is 6.10 Å². The fourth-order valence-electron chi connectivity index (χ4n) is 2.75. The molecule has 8 heteroatoms. The van der Waals surface area contributed by atoms with Gasteiger partial charge in [0, 0.05) is 25.6 Å². The van der Waals surface area contributed by atoms with Gasteiger partial charge in [-0.15, -0.1) is 10.2 Å². The Balaban J connectivity index is 1.53. The van der Waals surface area contributed by atoms with Gasteiger partial charge < -0.3 is 19.4 Å². The molecule has 23 heavy (non-hydrogen) atoms. The summed E-state index contributed by atoms with van der Waals surface area (Å²) in [4.78, 5) is 10.9. The number of nitrogens with zero attached hydrogens (tertiary/aromatic N) is 5. The molecule has 0 bridgehead atoms. The summed E-state index contributed by atoms with van der Waals surface area (Å²) in [7, 11) is 0. The van der Waals surface area contributed by atoms with Gasteiger partial charge in [0.2, 0.25) is 11.8 Å². The summed E-state index contributed by atoms with van der Waals surface area (Å²) in [6.07, 6.45) is 3.84. The summed E-state index contributed by atoms with van der Waals surface area (Å²) in [6, 6.07) is 2.56. The van der Waals surface area contributed by atoms with Crippen LogP contribution < -0.4 is 10.2 Å². The zero-order valence-corrected chi connectivity index (χ0v) is 13.3. The van der Waals surface area contributed by atoms with Crippen LogP contribution in [-0.4, -0.2) is 45.4 Å². The fraction of sp³-hybridized carbons (Fsp3) is 0.600. The molecule has 1 saturated carbocycles. The lowest BCUT2D eigenvalue weighted by atomic mass is 10.2. The van der Waals surface area contributed by atoms with E-state index in [0.29, 0.717) is 24.4 Å². The van der Waals surface area contributed by atoms with Crippen LogP contribution in [0, 0.1) is 6.92 Å². The molecule has 2 aromatic heterocycles. The van der Waals surface area contributed by atoms with Gasteiger partial charge in [-0.3, -0.25) is 0 Å². The van der Waals surface area contributed by atoms with Gasteiger partial charge in [0.05, 0.1) is 12.6 Å². The van der Waals surface area contributed by atoms with E-state index >= 15 is 0 Å². The van der Waals surface area contributed by atoms with Gasteiger partial charge in [0.1, 0.15) is 18.0 Å².